The zero-order valence-electron chi connectivity index (χ0n) is 27.4. The molecule has 1 unspecified atom stereocenters. The van der Waals surface area contributed by atoms with Crippen molar-refractivity contribution >= 4 is 11.8 Å². The van der Waals surface area contributed by atoms with Gasteiger partial charge in [-0.05, 0) is 78.7 Å². The first-order valence-electron chi connectivity index (χ1n) is 15.9. The summed E-state index contributed by atoms with van der Waals surface area (Å²) in [5.74, 6) is -1.43. The van der Waals surface area contributed by atoms with E-state index < -0.39 is 36.5 Å². The second-order valence-electron chi connectivity index (χ2n) is 12.8. The van der Waals surface area contributed by atoms with Crippen LogP contribution in [-0.2, 0) is 23.8 Å². The summed E-state index contributed by atoms with van der Waals surface area (Å²) in [6.07, 6.45) is 3.87. The van der Waals surface area contributed by atoms with Gasteiger partial charge in [0.15, 0.2) is 12.1 Å². The van der Waals surface area contributed by atoms with Crippen LogP contribution in [0.4, 0.5) is 0 Å². The highest BCUT2D eigenvalue weighted by Crippen LogP contribution is 2.34. The molecule has 11 atom stereocenters. The number of carbonyl (C=O) groups is 2. The number of allylic oxidation sites excluding steroid dienone is 3. The molecular formula is C33H58N2O7. The monoisotopic (exact) mass is 594 g/mol. The van der Waals surface area contributed by atoms with E-state index in [9.17, 15) is 19.8 Å². The molecule has 0 aromatic rings. The van der Waals surface area contributed by atoms with Crippen molar-refractivity contribution in [3.05, 3.63) is 23.8 Å². The first kappa shape index (κ1) is 36.6. The number of cyclic esters (lactones) is 1. The van der Waals surface area contributed by atoms with E-state index in [1.54, 1.807) is 6.08 Å². The number of hydrogen-bond donors (Lipinski definition) is 3. The molecule has 9 nitrogen and oxygen atoms in total. The molecule has 3 N–H and O–H groups in total. The third kappa shape index (κ3) is 10.8. The fraction of sp³-hybridized carbons (Fsp3) is 0.818. The van der Waals surface area contributed by atoms with Crippen molar-refractivity contribution in [2.45, 2.75) is 123 Å². The number of ketones is 1. The quantitative estimate of drug-likeness (QED) is 0.284. The molecule has 0 aliphatic carbocycles. The van der Waals surface area contributed by atoms with Gasteiger partial charge in [-0.25, -0.2) is 0 Å². The summed E-state index contributed by atoms with van der Waals surface area (Å²) < 4.78 is 18.6. The van der Waals surface area contributed by atoms with Gasteiger partial charge >= 0.3 is 5.97 Å². The summed E-state index contributed by atoms with van der Waals surface area (Å²) in [6.45, 7) is 15.2. The minimum Gasteiger partial charge on any atom is -0.462 e. The summed E-state index contributed by atoms with van der Waals surface area (Å²) in [5, 5.41) is 26.0. The lowest BCUT2D eigenvalue weighted by Crippen LogP contribution is -2.56. The zero-order valence-corrected chi connectivity index (χ0v) is 27.4. The number of carbonyl (C=O) groups excluding carboxylic acids is 2. The second kappa shape index (κ2) is 17.6. The van der Waals surface area contributed by atoms with Crippen LogP contribution >= 0.6 is 0 Å². The van der Waals surface area contributed by atoms with Crippen LogP contribution in [0.2, 0.25) is 0 Å². The Kier molecular flexibility index (Phi) is 15.3. The van der Waals surface area contributed by atoms with Crippen molar-refractivity contribution in [1.29, 1.82) is 0 Å². The Morgan fingerprint density at radius 1 is 1.07 bits per heavy atom. The lowest BCUT2D eigenvalue weighted by Gasteiger charge is -2.44. The van der Waals surface area contributed by atoms with Crippen LogP contribution in [0, 0.1) is 23.7 Å². The summed E-state index contributed by atoms with van der Waals surface area (Å²) in [5.41, 5.74) is 0.927. The van der Waals surface area contributed by atoms with Crippen LogP contribution in [0.1, 0.15) is 80.6 Å². The Morgan fingerprint density at radius 3 is 2.38 bits per heavy atom. The van der Waals surface area contributed by atoms with Crippen molar-refractivity contribution in [1.82, 2.24) is 10.2 Å². The molecule has 2 aliphatic rings. The number of nitrogens with one attached hydrogen (secondary N) is 1. The number of nitrogens with zero attached hydrogens (tertiary/aromatic N) is 1. The fourth-order valence-electron chi connectivity index (χ4n) is 6.24. The van der Waals surface area contributed by atoms with E-state index >= 15 is 0 Å². The van der Waals surface area contributed by atoms with Gasteiger partial charge in [0, 0.05) is 23.8 Å². The van der Waals surface area contributed by atoms with E-state index in [-0.39, 0.29) is 48.2 Å². The number of hydrogen-bond acceptors (Lipinski definition) is 9. The molecule has 2 rings (SSSR count). The Labute approximate surface area is 254 Å². The summed E-state index contributed by atoms with van der Waals surface area (Å²) in [7, 11) is 3.85. The van der Waals surface area contributed by atoms with Gasteiger partial charge in [0.05, 0.1) is 24.7 Å². The van der Waals surface area contributed by atoms with Gasteiger partial charge < -0.3 is 34.6 Å². The molecule has 1 fully saturated rings. The predicted octanol–water partition coefficient (Wildman–Crippen LogP) is 3.87. The normalized spacial score (nSPS) is 39.9. The Morgan fingerprint density at radius 2 is 1.76 bits per heavy atom. The molecular weight excluding hydrogens is 536 g/mol. The van der Waals surface area contributed by atoms with E-state index in [0.717, 1.165) is 12.1 Å². The molecule has 0 aromatic heterocycles. The van der Waals surface area contributed by atoms with Gasteiger partial charge in [-0.1, -0.05) is 52.3 Å². The topological polar surface area (TPSA) is 118 Å². The molecule has 242 valence electrons. The van der Waals surface area contributed by atoms with Gasteiger partial charge in [-0.3, -0.25) is 9.59 Å². The number of aliphatic hydroxyl groups excluding tert-OH is 2. The SMILES string of the molecule is CCNCC[C@H]1C[C@@H](C)C(=O)/C=C/C(C)=C/[C@H](C)[C@@H](CC)OC(=O)CC(O)[C@H](C)[C@H]1O[C@@H]1O[C@H](C)C[C@H](N(C)C)[C@H]1O. The smallest absolute Gasteiger partial charge is 0.308 e. The number of ether oxygens (including phenoxy) is 3. The Hall–Kier alpha value is -1.62. The lowest BCUT2D eigenvalue weighted by molar-refractivity contribution is -0.283. The standard InChI is InChI=1S/C33H58N2O7/c1-10-29-22(5)16-20(3)12-13-27(36)21(4)17-25(14-15-34-11-2)32(24(7)28(37)19-30(38)41-29)42-33-31(39)26(35(8)9)18-23(6)40-33/h12-13,16,21-26,28-29,31-34,37,39H,10-11,14-15,17-19H2,1-9H3/b13-12+,20-16+/t21-,22+,23-,24+,25+,26+,28?,29-,31-,32-,33+/m1/s1. The van der Waals surface area contributed by atoms with Gasteiger partial charge in [-0.15, -0.1) is 0 Å². The molecule has 0 spiro atoms. The number of aliphatic hydroxyl groups is 2. The Bertz CT molecular complexity index is 907. The van der Waals surface area contributed by atoms with Crippen LogP contribution in [-0.4, -0.2) is 96.9 Å². The highest BCUT2D eigenvalue weighted by atomic mass is 16.7. The van der Waals surface area contributed by atoms with E-state index in [4.69, 9.17) is 14.2 Å². The lowest BCUT2D eigenvalue weighted by atomic mass is 9.79. The van der Waals surface area contributed by atoms with Gasteiger partial charge in [-0.2, -0.15) is 0 Å². The zero-order chi connectivity index (χ0) is 31.6. The maximum Gasteiger partial charge on any atom is 0.308 e. The minimum atomic E-state index is -1.05. The molecule has 0 radical (unpaired) electrons. The van der Waals surface area contributed by atoms with Crippen molar-refractivity contribution in [3.8, 4) is 0 Å². The summed E-state index contributed by atoms with van der Waals surface area (Å²) >= 11 is 0. The first-order chi connectivity index (χ1) is 19.8. The van der Waals surface area contributed by atoms with Gasteiger partial charge in [0.2, 0.25) is 0 Å². The summed E-state index contributed by atoms with van der Waals surface area (Å²) in [6, 6.07) is -0.157. The van der Waals surface area contributed by atoms with Gasteiger partial charge in [0.25, 0.3) is 0 Å². The third-order valence-corrected chi connectivity index (χ3v) is 8.92. The number of likely N-dealkylation sites (N-methyl/N-ethyl adjacent to an activating group) is 1. The molecule has 0 aromatic carbocycles. The molecule has 0 saturated carbocycles. The Balaban J connectivity index is 2.51. The largest absolute Gasteiger partial charge is 0.462 e. The van der Waals surface area contributed by atoms with Crippen LogP contribution < -0.4 is 5.32 Å². The van der Waals surface area contributed by atoms with Crippen LogP contribution in [0.15, 0.2) is 23.8 Å². The highest BCUT2D eigenvalue weighted by Gasteiger charge is 2.43. The molecule has 0 amide bonds. The number of esters is 1. The average molecular weight is 595 g/mol. The van der Waals surface area contributed by atoms with Crippen molar-refractivity contribution < 1.29 is 34.0 Å². The molecule has 2 heterocycles. The predicted molar refractivity (Wildman–Crippen MR) is 165 cm³/mol. The average Bonchev–Trinajstić information content (AvgIpc) is 2.93. The van der Waals surface area contributed by atoms with Crippen LogP contribution in [0.25, 0.3) is 0 Å². The maximum atomic E-state index is 13.3. The fourth-order valence-corrected chi connectivity index (χ4v) is 6.24. The summed E-state index contributed by atoms with van der Waals surface area (Å²) in [4.78, 5) is 28.3. The van der Waals surface area contributed by atoms with Crippen molar-refractivity contribution in [2.75, 3.05) is 27.2 Å². The third-order valence-electron chi connectivity index (χ3n) is 8.92. The number of rotatable bonds is 8. The van der Waals surface area contributed by atoms with E-state index in [2.05, 4.69) is 5.32 Å². The van der Waals surface area contributed by atoms with Crippen molar-refractivity contribution in [2.24, 2.45) is 23.7 Å². The van der Waals surface area contributed by atoms with Crippen LogP contribution in [0.5, 0.6) is 0 Å². The van der Waals surface area contributed by atoms with E-state index in [1.807, 2.05) is 79.6 Å². The van der Waals surface area contributed by atoms with Crippen molar-refractivity contribution in [3.63, 3.8) is 0 Å². The first-order valence-corrected chi connectivity index (χ1v) is 15.9. The second-order valence-corrected chi connectivity index (χ2v) is 12.8. The molecule has 42 heavy (non-hydrogen) atoms. The highest BCUT2D eigenvalue weighted by molar-refractivity contribution is 5.91. The molecule has 2 aliphatic heterocycles. The van der Waals surface area contributed by atoms with Crippen LogP contribution in [0.3, 0.4) is 0 Å². The van der Waals surface area contributed by atoms with E-state index in [0.29, 0.717) is 32.2 Å². The molecule has 9 heteroatoms. The molecule has 0 bridgehead atoms. The minimum absolute atomic E-state index is 0.0246. The van der Waals surface area contributed by atoms with Gasteiger partial charge in [0.1, 0.15) is 12.2 Å². The van der Waals surface area contributed by atoms with E-state index in [1.165, 1.54) is 0 Å². The maximum absolute atomic E-state index is 13.3. The molecule has 1 saturated heterocycles.